The molecule has 2 aromatic heterocycles. The SMILES string of the molecule is CCCCn1c(C(c2ccccc2)c2c(C#N)oc3ccccc23)c(C(=O)O)c2ccccc21. The molecule has 0 bridgehead atoms. The van der Waals surface area contributed by atoms with Crippen molar-refractivity contribution >= 4 is 27.8 Å². The Morgan fingerprint density at radius 3 is 2.38 bits per heavy atom. The van der Waals surface area contributed by atoms with Crippen LogP contribution in [-0.2, 0) is 6.54 Å². The first-order valence-electron chi connectivity index (χ1n) is 11.5. The first kappa shape index (κ1) is 21.5. The number of carbonyl (C=O) groups is 1. The zero-order chi connectivity index (χ0) is 23.7. The number of benzene rings is 3. The minimum absolute atomic E-state index is 0.207. The molecule has 1 unspecified atom stereocenters. The Balaban J connectivity index is 1.94. The minimum atomic E-state index is -0.978. The van der Waals surface area contributed by atoms with E-state index in [2.05, 4.69) is 17.6 Å². The van der Waals surface area contributed by atoms with Crippen LogP contribution in [0.4, 0.5) is 0 Å². The maximum atomic E-state index is 12.7. The summed E-state index contributed by atoms with van der Waals surface area (Å²) in [5, 5.41) is 22.0. The number of fused-ring (bicyclic) bond motifs is 2. The number of nitrogens with zero attached hydrogens (tertiary/aromatic N) is 2. The van der Waals surface area contributed by atoms with Crippen LogP contribution in [-0.4, -0.2) is 15.6 Å². The third-order valence-electron chi connectivity index (χ3n) is 6.39. The number of unbranched alkanes of at least 4 members (excludes halogenated alkanes) is 1. The molecular weight excluding hydrogens is 424 g/mol. The Bertz CT molecular complexity index is 1540. The monoisotopic (exact) mass is 448 g/mol. The second-order valence-electron chi connectivity index (χ2n) is 8.38. The van der Waals surface area contributed by atoms with E-state index in [9.17, 15) is 15.2 Å². The van der Waals surface area contributed by atoms with Gasteiger partial charge in [-0.2, -0.15) is 5.26 Å². The summed E-state index contributed by atoms with van der Waals surface area (Å²) in [4.78, 5) is 12.7. The molecule has 5 nitrogen and oxygen atoms in total. The van der Waals surface area contributed by atoms with Crippen molar-refractivity contribution in [1.29, 1.82) is 5.26 Å². The first-order chi connectivity index (χ1) is 16.7. The molecule has 0 aliphatic rings. The average Bonchev–Trinajstić information content (AvgIpc) is 3.40. The number of hydrogen-bond acceptors (Lipinski definition) is 3. The van der Waals surface area contributed by atoms with Crippen LogP contribution in [0.5, 0.6) is 0 Å². The molecule has 0 amide bonds. The van der Waals surface area contributed by atoms with Crippen molar-refractivity contribution in [3.8, 4) is 6.07 Å². The first-order valence-corrected chi connectivity index (χ1v) is 11.5. The van der Waals surface area contributed by atoms with Gasteiger partial charge in [0, 0.05) is 34.1 Å². The van der Waals surface area contributed by atoms with Crippen molar-refractivity contribution in [3.05, 3.63) is 107 Å². The van der Waals surface area contributed by atoms with Gasteiger partial charge in [0.15, 0.2) is 0 Å². The summed E-state index contributed by atoms with van der Waals surface area (Å²) < 4.78 is 8.08. The van der Waals surface area contributed by atoms with Gasteiger partial charge in [-0.3, -0.25) is 0 Å². The molecule has 0 saturated carbocycles. The second-order valence-corrected chi connectivity index (χ2v) is 8.38. The molecule has 5 aromatic rings. The maximum Gasteiger partial charge on any atom is 0.338 e. The highest BCUT2D eigenvalue weighted by molar-refractivity contribution is 6.06. The summed E-state index contributed by atoms with van der Waals surface area (Å²) in [6, 6.07) is 27.2. The van der Waals surface area contributed by atoms with Crippen LogP contribution in [0.2, 0.25) is 0 Å². The summed E-state index contributed by atoms with van der Waals surface area (Å²) in [5.41, 5.74) is 4.06. The molecule has 0 spiro atoms. The van der Waals surface area contributed by atoms with Crippen molar-refractivity contribution in [2.45, 2.75) is 32.2 Å². The van der Waals surface area contributed by atoms with Crippen LogP contribution in [0.1, 0.15) is 58.6 Å². The Hall–Kier alpha value is -4.30. The van der Waals surface area contributed by atoms with E-state index in [1.54, 1.807) is 0 Å². The lowest BCUT2D eigenvalue weighted by molar-refractivity contribution is 0.0697. The fraction of sp³-hybridized carbons (Fsp3) is 0.172. The van der Waals surface area contributed by atoms with E-state index < -0.39 is 11.9 Å². The van der Waals surface area contributed by atoms with E-state index in [1.165, 1.54) is 0 Å². The Labute approximate surface area is 197 Å². The van der Waals surface area contributed by atoms with Crippen molar-refractivity contribution in [2.24, 2.45) is 0 Å². The quantitative estimate of drug-likeness (QED) is 0.292. The van der Waals surface area contributed by atoms with Crippen LogP contribution >= 0.6 is 0 Å². The number of furan rings is 1. The van der Waals surface area contributed by atoms with Crippen molar-refractivity contribution in [2.75, 3.05) is 0 Å². The smallest absolute Gasteiger partial charge is 0.338 e. The average molecular weight is 449 g/mol. The fourth-order valence-corrected chi connectivity index (χ4v) is 4.95. The van der Waals surface area contributed by atoms with Crippen LogP contribution in [0.25, 0.3) is 21.9 Å². The molecule has 0 saturated heterocycles. The molecule has 0 aliphatic heterocycles. The van der Waals surface area contributed by atoms with E-state index in [0.717, 1.165) is 29.3 Å². The topological polar surface area (TPSA) is 79.2 Å². The van der Waals surface area contributed by atoms with Crippen LogP contribution in [0, 0.1) is 11.3 Å². The van der Waals surface area contributed by atoms with Gasteiger partial charge in [0.05, 0.1) is 11.5 Å². The molecule has 0 radical (unpaired) electrons. The third kappa shape index (κ3) is 3.45. The number of para-hydroxylation sites is 2. The van der Waals surface area contributed by atoms with Crippen LogP contribution in [0.15, 0.2) is 83.3 Å². The zero-order valence-corrected chi connectivity index (χ0v) is 18.9. The molecule has 2 heterocycles. The van der Waals surface area contributed by atoms with Gasteiger partial charge in [-0.15, -0.1) is 0 Å². The van der Waals surface area contributed by atoms with E-state index in [4.69, 9.17) is 4.42 Å². The predicted molar refractivity (Wildman–Crippen MR) is 132 cm³/mol. The third-order valence-corrected chi connectivity index (χ3v) is 6.39. The van der Waals surface area contributed by atoms with Gasteiger partial charge in [-0.05, 0) is 24.1 Å². The number of aryl methyl sites for hydroxylation is 1. The number of aromatic nitrogens is 1. The number of carboxylic acid groups (broad SMARTS) is 1. The summed E-state index contributed by atoms with van der Waals surface area (Å²) in [5.74, 6) is -1.26. The van der Waals surface area contributed by atoms with Crippen LogP contribution < -0.4 is 0 Å². The summed E-state index contributed by atoms with van der Waals surface area (Å²) in [7, 11) is 0. The Kier molecular flexibility index (Phi) is 5.65. The second kappa shape index (κ2) is 8.92. The van der Waals surface area contributed by atoms with Gasteiger partial charge < -0.3 is 14.1 Å². The molecule has 1 atom stereocenters. The number of hydrogen-bond donors (Lipinski definition) is 1. The molecule has 0 fully saturated rings. The minimum Gasteiger partial charge on any atom is -0.478 e. The summed E-state index contributed by atoms with van der Waals surface area (Å²) >= 11 is 0. The van der Waals surface area contributed by atoms with E-state index in [0.29, 0.717) is 28.8 Å². The number of nitriles is 1. The highest BCUT2D eigenvalue weighted by Gasteiger charge is 2.34. The molecule has 5 heteroatoms. The maximum absolute atomic E-state index is 12.7. The molecule has 5 rings (SSSR count). The highest BCUT2D eigenvalue weighted by Crippen LogP contribution is 2.43. The van der Waals surface area contributed by atoms with Crippen LogP contribution in [0.3, 0.4) is 0 Å². The number of aromatic carboxylic acids is 1. The predicted octanol–water partition coefficient (Wildman–Crippen LogP) is 6.94. The largest absolute Gasteiger partial charge is 0.478 e. The van der Waals surface area contributed by atoms with E-state index in [1.807, 2.05) is 78.9 Å². The Morgan fingerprint density at radius 2 is 1.68 bits per heavy atom. The lowest BCUT2D eigenvalue weighted by atomic mass is 9.84. The lowest BCUT2D eigenvalue weighted by Gasteiger charge is -2.22. The van der Waals surface area contributed by atoms with Crippen molar-refractivity contribution in [3.63, 3.8) is 0 Å². The zero-order valence-electron chi connectivity index (χ0n) is 18.9. The Morgan fingerprint density at radius 1 is 1.00 bits per heavy atom. The highest BCUT2D eigenvalue weighted by atomic mass is 16.4. The van der Waals surface area contributed by atoms with E-state index >= 15 is 0 Å². The van der Waals surface area contributed by atoms with Gasteiger partial charge in [0.25, 0.3) is 0 Å². The summed E-state index contributed by atoms with van der Waals surface area (Å²) in [6.45, 7) is 2.80. The molecule has 168 valence electrons. The molecule has 34 heavy (non-hydrogen) atoms. The molecule has 0 aliphatic carbocycles. The molecular formula is C29H24N2O3. The van der Waals surface area contributed by atoms with Gasteiger partial charge >= 0.3 is 5.97 Å². The fourth-order valence-electron chi connectivity index (χ4n) is 4.95. The number of rotatable bonds is 7. The van der Waals surface area contributed by atoms with Gasteiger partial charge in [-0.25, -0.2) is 4.79 Å². The molecule has 1 N–H and O–H groups in total. The summed E-state index contributed by atoms with van der Waals surface area (Å²) in [6.07, 6.45) is 1.88. The normalized spacial score (nSPS) is 12.1. The van der Waals surface area contributed by atoms with Crippen molar-refractivity contribution < 1.29 is 14.3 Å². The lowest BCUT2D eigenvalue weighted by Crippen LogP contribution is -2.15. The van der Waals surface area contributed by atoms with E-state index in [-0.39, 0.29) is 11.3 Å². The van der Waals surface area contributed by atoms with Crippen molar-refractivity contribution in [1.82, 2.24) is 4.57 Å². The van der Waals surface area contributed by atoms with Gasteiger partial charge in [0.2, 0.25) is 5.76 Å². The van der Waals surface area contributed by atoms with Gasteiger partial charge in [-0.1, -0.05) is 80.1 Å². The number of carboxylic acids is 1. The standard InChI is InChI=1S/C29H24N2O3/c1-2-3-17-31-22-15-9-7-13-20(22)27(29(32)33)28(31)25(19-11-5-4-6-12-19)26-21-14-8-10-16-23(21)34-24(26)18-30/h4-16,25H,2-3,17H2,1H3,(H,32,33). The van der Waals surface area contributed by atoms with Gasteiger partial charge in [0.1, 0.15) is 11.7 Å². The molecule has 3 aromatic carbocycles.